The minimum atomic E-state index is -0.836. The zero-order valence-corrected chi connectivity index (χ0v) is 13.2. The molecule has 114 valence electrons. The van der Waals surface area contributed by atoms with E-state index in [-0.39, 0.29) is 11.3 Å². The van der Waals surface area contributed by atoms with E-state index >= 15 is 0 Å². The lowest BCUT2D eigenvalue weighted by atomic mass is 9.94. The third-order valence-electron chi connectivity index (χ3n) is 2.50. The molecule has 0 bridgehead atoms. The van der Waals surface area contributed by atoms with Gasteiger partial charge in [-0.05, 0) is 37.3 Å². The first kappa shape index (κ1) is 16.9. The van der Waals surface area contributed by atoms with Gasteiger partial charge in [-0.2, -0.15) is 15.0 Å². The van der Waals surface area contributed by atoms with Crippen LogP contribution in [-0.2, 0) is 0 Å². The normalized spacial score (nSPS) is 14.2. The number of anilines is 1. The highest BCUT2D eigenvalue weighted by Gasteiger charge is 2.22. The van der Waals surface area contributed by atoms with Crippen molar-refractivity contribution in [2.75, 3.05) is 18.5 Å². The number of halogens is 1. The van der Waals surface area contributed by atoms with Gasteiger partial charge in [0.05, 0.1) is 12.2 Å². The maximum absolute atomic E-state index is 10.2. The van der Waals surface area contributed by atoms with Gasteiger partial charge in [0.1, 0.15) is 0 Å². The van der Waals surface area contributed by atoms with Crippen molar-refractivity contribution in [2.45, 2.75) is 46.1 Å². The van der Waals surface area contributed by atoms with E-state index in [0.717, 1.165) is 6.42 Å². The van der Waals surface area contributed by atoms with E-state index in [1.54, 1.807) is 6.92 Å². The minimum Gasteiger partial charge on any atom is -0.463 e. The lowest BCUT2D eigenvalue weighted by Crippen LogP contribution is -2.35. The Balaban J connectivity index is 2.65. The molecule has 1 atom stereocenters. The highest BCUT2D eigenvalue weighted by molar-refractivity contribution is 6.28. The van der Waals surface area contributed by atoms with Crippen molar-refractivity contribution in [3.05, 3.63) is 5.28 Å². The average molecular weight is 303 g/mol. The molecule has 0 spiro atoms. The van der Waals surface area contributed by atoms with E-state index in [0.29, 0.717) is 31.4 Å². The molecule has 0 saturated heterocycles. The van der Waals surface area contributed by atoms with Crippen LogP contribution in [0, 0.1) is 5.92 Å². The quantitative estimate of drug-likeness (QED) is 0.768. The molecule has 0 aliphatic carbocycles. The fourth-order valence-electron chi connectivity index (χ4n) is 1.89. The van der Waals surface area contributed by atoms with Crippen molar-refractivity contribution >= 4 is 17.5 Å². The van der Waals surface area contributed by atoms with Gasteiger partial charge >= 0.3 is 6.01 Å². The highest BCUT2D eigenvalue weighted by atomic mass is 35.5. The van der Waals surface area contributed by atoms with E-state index in [4.69, 9.17) is 16.3 Å². The summed E-state index contributed by atoms with van der Waals surface area (Å²) in [4.78, 5) is 11.9. The van der Waals surface area contributed by atoms with Crippen molar-refractivity contribution in [3.8, 4) is 6.01 Å². The molecule has 0 fully saturated rings. The number of nitrogens with zero attached hydrogens (tertiary/aromatic N) is 3. The Morgan fingerprint density at radius 3 is 2.65 bits per heavy atom. The molecule has 7 heteroatoms. The van der Waals surface area contributed by atoms with Crippen LogP contribution in [0.25, 0.3) is 0 Å². The highest BCUT2D eigenvalue weighted by Crippen LogP contribution is 2.17. The fourth-order valence-corrected chi connectivity index (χ4v) is 2.04. The summed E-state index contributed by atoms with van der Waals surface area (Å²) >= 11 is 5.82. The van der Waals surface area contributed by atoms with Gasteiger partial charge in [0.25, 0.3) is 0 Å². The molecule has 0 aliphatic heterocycles. The SMILES string of the molecule is CCCOc1nc(Cl)nc(NCC(C)(O)CC(C)C)n1. The van der Waals surface area contributed by atoms with E-state index in [1.807, 2.05) is 6.92 Å². The van der Waals surface area contributed by atoms with Gasteiger partial charge in [0.2, 0.25) is 11.2 Å². The van der Waals surface area contributed by atoms with Gasteiger partial charge in [0, 0.05) is 6.54 Å². The molecule has 0 saturated carbocycles. The lowest BCUT2D eigenvalue weighted by molar-refractivity contribution is 0.0513. The third-order valence-corrected chi connectivity index (χ3v) is 2.67. The van der Waals surface area contributed by atoms with Gasteiger partial charge in [-0.15, -0.1) is 0 Å². The van der Waals surface area contributed by atoms with E-state index in [2.05, 4.69) is 34.1 Å². The smallest absolute Gasteiger partial charge is 0.322 e. The van der Waals surface area contributed by atoms with Crippen molar-refractivity contribution in [2.24, 2.45) is 5.92 Å². The first-order chi connectivity index (χ1) is 9.32. The predicted octanol–water partition coefficient (Wildman–Crippen LogP) is 2.52. The molecule has 20 heavy (non-hydrogen) atoms. The minimum absolute atomic E-state index is 0.0668. The summed E-state index contributed by atoms with van der Waals surface area (Å²) in [6, 6.07) is 0.192. The van der Waals surface area contributed by atoms with Crippen LogP contribution in [0.5, 0.6) is 6.01 Å². The van der Waals surface area contributed by atoms with Crippen LogP contribution < -0.4 is 10.1 Å². The van der Waals surface area contributed by atoms with Gasteiger partial charge in [-0.25, -0.2) is 0 Å². The second kappa shape index (κ2) is 7.59. The van der Waals surface area contributed by atoms with Gasteiger partial charge in [-0.1, -0.05) is 20.8 Å². The molecule has 0 radical (unpaired) electrons. The summed E-state index contributed by atoms with van der Waals surface area (Å²) in [6.45, 7) is 8.74. The number of ether oxygens (including phenoxy) is 1. The first-order valence-corrected chi connectivity index (χ1v) is 7.21. The summed E-state index contributed by atoms with van der Waals surface area (Å²) < 4.78 is 5.32. The van der Waals surface area contributed by atoms with Crippen LogP contribution in [0.15, 0.2) is 0 Å². The molecule has 1 rings (SSSR count). The lowest BCUT2D eigenvalue weighted by Gasteiger charge is -2.25. The predicted molar refractivity (Wildman–Crippen MR) is 79.2 cm³/mol. The summed E-state index contributed by atoms with van der Waals surface area (Å²) in [5, 5.41) is 13.3. The summed E-state index contributed by atoms with van der Waals surface area (Å²) in [6.07, 6.45) is 1.53. The van der Waals surface area contributed by atoms with Crippen molar-refractivity contribution in [1.82, 2.24) is 15.0 Å². The van der Waals surface area contributed by atoms with Crippen LogP contribution in [0.1, 0.15) is 40.5 Å². The Labute approximate surface area is 125 Å². The molecule has 0 aromatic carbocycles. The third kappa shape index (κ3) is 6.34. The van der Waals surface area contributed by atoms with Gasteiger partial charge < -0.3 is 15.2 Å². The van der Waals surface area contributed by atoms with Crippen molar-refractivity contribution in [3.63, 3.8) is 0 Å². The Kier molecular flexibility index (Phi) is 6.42. The largest absolute Gasteiger partial charge is 0.463 e. The van der Waals surface area contributed by atoms with Gasteiger partial charge in [0.15, 0.2) is 0 Å². The molecule has 1 aromatic rings. The number of aromatic nitrogens is 3. The average Bonchev–Trinajstić information content (AvgIpc) is 2.32. The maximum atomic E-state index is 10.2. The topological polar surface area (TPSA) is 80.2 Å². The standard InChI is InChI=1S/C13H23ClN4O2/c1-5-6-20-12-17-10(14)16-11(18-12)15-8-13(4,19)7-9(2)3/h9,19H,5-8H2,1-4H3,(H,15,16,17,18). The Bertz CT molecular complexity index is 427. The number of rotatable bonds is 8. The first-order valence-electron chi connectivity index (χ1n) is 6.83. The molecule has 0 aliphatic rings. The molecule has 0 amide bonds. The fraction of sp³-hybridized carbons (Fsp3) is 0.769. The molecule has 6 nitrogen and oxygen atoms in total. The summed E-state index contributed by atoms with van der Waals surface area (Å²) in [5.74, 6) is 0.706. The molecular weight excluding hydrogens is 280 g/mol. The molecule has 2 N–H and O–H groups in total. The molecule has 1 aromatic heterocycles. The summed E-state index contributed by atoms with van der Waals surface area (Å²) in [5.41, 5.74) is -0.836. The molecule has 1 unspecified atom stereocenters. The van der Waals surface area contributed by atoms with Crippen LogP contribution in [-0.4, -0.2) is 38.8 Å². The van der Waals surface area contributed by atoms with E-state index in [1.165, 1.54) is 0 Å². The van der Waals surface area contributed by atoms with Crippen molar-refractivity contribution in [1.29, 1.82) is 0 Å². The van der Waals surface area contributed by atoms with E-state index in [9.17, 15) is 5.11 Å². The van der Waals surface area contributed by atoms with E-state index < -0.39 is 5.60 Å². The monoisotopic (exact) mass is 302 g/mol. The van der Waals surface area contributed by atoms with Crippen LogP contribution >= 0.6 is 11.6 Å². The second-order valence-electron chi connectivity index (χ2n) is 5.51. The summed E-state index contributed by atoms with van der Waals surface area (Å²) in [7, 11) is 0. The number of hydrogen-bond acceptors (Lipinski definition) is 6. The zero-order valence-electron chi connectivity index (χ0n) is 12.5. The second-order valence-corrected chi connectivity index (χ2v) is 5.85. The number of nitrogens with one attached hydrogen (secondary N) is 1. The molecular formula is C13H23ClN4O2. The molecule has 1 heterocycles. The van der Waals surface area contributed by atoms with Crippen LogP contribution in [0.4, 0.5) is 5.95 Å². The Hall–Kier alpha value is -1.14. The Morgan fingerprint density at radius 2 is 2.05 bits per heavy atom. The van der Waals surface area contributed by atoms with Crippen molar-refractivity contribution < 1.29 is 9.84 Å². The van der Waals surface area contributed by atoms with Gasteiger partial charge in [-0.3, -0.25) is 0 Å². The number of aliphatic hydroxyl groups is 1. The maximum Gasteiger partial charge on any atom is 0.322 e. The Morgan fingerprint density at radius 1 is 1.35 bits per heavy atom. The van der Waals surface area contributed by atoms with Crippen LogP contribution in [0.2, 0.25) is 5.28 Å². The van der Waals surface area contributed by atoms with Crippen LogP contribution in [0.3, 0.4) is 0 Å². The number of hydrogen-bond donors (Lipinski definition) is 2. The zero-order chi connectivity index (χ0) is 15.2.